The maximum atomic E-state index is 12.2. The van der Waals surface area contributed by atoms with Crippen LogP contribution in [0, 0.1) is 0 Å². The van der Waals surface area contributed by atoms with E-state index in [2.05, 4.69) is 10.6 Å². The Hall–Kier alpha value is -0.880. The van der Waals surface area contributed by atoms with Crippen molar-refractivity contribution >= 4 is 93.5 Å². The van der Waals surface area contributed by atoms with E-state index in [0.29, 0.717) is 0 Å². The summed E-state index contributed by atoms with van der Waals surface area (Å²) in [7, 11) is 0. The summed E-state index contributed by atoms with van der Waals surface area (Å²) in [6, 6.07) is -2.47. The highest BCUT2D eigenvalue weighted by molar-refractivity contribution is 8.04. The first-order chi connectivity index (χ1) is 13.4. The Balaban J connectivity index is 5.15. The van der Waals surface area contributed by atoms with Gasteiger partial charge in [-0.15, -0.1) is 11.8 Å². The molecule has 164 valence electrons. The van der Waals surface area contributed by atoms with Gasteiger partial charge in [-0.2, -0.15) is 0 Å². The third-order valence-electron chi connectivity index (χ3n) is 2.97. The molecule has 0 rings (SSSR count). The van der Waals surface area contributed by atoms with E-state index in [-0.39, 0.29) is 37.5 Å². The van der Waals surface area contributed by atoms with Crippen molar-refractivity contribution in [3.8, 4) is 0 Å². The third-order valence-corrected chi connectivity index (χ3v) is 6.08. The van der Waals surface area contributed by atoms with Gasteiger partial charge >= 0.3 is 11.9 Å². The Morgan fingerprint density at radius 1 is 1.00 bits per heavy atom. The number of carbonyl (C=O) groups is 4. The van der Waals surface area contributed by atoms with Crippen LogP contribution in [-0.2, 0) is 19.2 Å². The van der Waals surface area contributed by atoms with E-state index in [0.717, 1.165) is 11.8 Å². The molecule has 2 atom stereocenters. The first-order valence-electron chi connectivity index (χ1n) is 7.53. The number of aliphatic carboxylic acids is 2. The zero-order valence-corrected chi connectivity index (χ0v) is 19.0. The fourth-order valence-electron chi connectivity index (χ4n) is 1.53. The van der Waals surface area contributed by atoms with Crippen molar-refractivity contribution in [1.82, 2.24) is 10.6 Å². The van der Waals surface area contributed by atoms with E-state index in [9.17, 15) is 19.2 Å². The van der Waals surface area contributed by atoms with Crippen LogP contribution in [0.3, 0.4) is 0 Å². The number of carbonyl (C=O) groups excluding carboxylic acids is 2. The smallest absolute Gasteiger partial charge is 0.322 e. The summed E-state index contributed by atoms with van der Waals surface area (Å²) in [4.78, 5) is 45.5. The highest BCUT2D eigenvalue weighted by atomic mass is 35.5. The Kier molecular flexibility index (Phi) is 13.8. The topological polar surface area (TPSA) is 159 Å². The second-order valence-corrected chi connectivity index (χ2v) is 8.53. The van der Waals surface area contributed by atoms with Gasteiger partial charge in [-0.3, -0.25) is 19.2 Å². The molecule has 29 heavy (non-hydrogen) atoms. The number of carboxylic acids is 2. The molecule has 0 saturated heterocycles. The molecule has 0 saturated carbocycles. The lowest BCUT2D eigenvalue weighted by Gasteiger charge is -2.18. The zero-order valence-electron chi connectivity index (χ0n) is 14.4. The van der Waals surface area contributed by atoms with E-state index in [1.807, 2.05) is 0 Å². The van der Waals surface area contributed by atoms with Gasteiger partial charge in [-0.05, 0) is 6.42 Å². The van der Waals surface area contributed by atoms with Crippen molar-refractivity contribution in [1.29, 1.82) is 0 Å². The van der Waals surface area contributed by atoms with E-state index >= 15 is 0 Å². The highest BCUT2D eigenvalue weighted by Gasteiger charge is 2.23. The van der Waals surface area contributed by atoms with E-state index in [4.69, 9.17) is 74.0 Å². The Morgan fingerprint density at radius 2 is 1.59 bits per heavy atom. The van der Waals surface area contributed by atoms with Crippen molar-refractivity contribution in [3.63, 3.8) is 0 Å². The predicted molar refractivity (Wildman–Crippen MR) is 113 cm³/mol. The number of hydrogen-bond acceptors (Lipinski definition) is 6. The fourth-order valence-corrected chi connectivity index (χ4v) is 3.34. The van der Waals surface area contributed by atoms with Gasteiger partial charge < -0.3 is 26.6 Å². The molecule has 15 heteroatoms. The molecule has 0 heterocycles. The molecule has 0 aliphatic heterocycles. The molecule has 0 fully saturated rings. The first-order valence-corrected chi connectivity index (χ1v) is 10.4. The molecule has 0 spiro atoms. The number of halogens is 5. The molecule has 2 unspecified atom stereocenters. The van der Waals surface area contributed by atoms with Gasteiger partial charge in [0.25, 0.3) is 0 Å². The minimum Gasteiger partial charge on any atom is -0.480 e. The van der Waals surface area contributed by atoms with Crippen LogP contribution in [-0.4, -0.2) is 58.3 Å². The summed E-state index contributed by atoms with van der Waals surface area (Å²) < 4.78 is -0.428. The van der Waals surface area contributed by atoms with E-state index in [1.165, 1.54) is 0 Å². The SMILES string of the molecule is NC(CCC(=O)NC(CSC(Cl)=C(Cl)C(Cl)=C(Cl)Cl)C(=O)NCC(=O)O)C(=O)O. The molecular weight excluding hydrogens is 516 g/mol. The van der Waals surface area contributed by atoms with Crippen LogP contribution in [0.4, 0.5) is 0 Å². The quantitative estimate of drug-likeness (QED) is 0.240. The normalized spacial score (nSPS) is 13.6. The van der Waals surface area contributed by atoms with Crippen LogP contribution in [0.1, 0.15) is 12.8 Å². The molecule has 0 aromatic heterocycles. The van der Waals surface area contributed by atoms with Crippen LogP contribution < -0.4 is 16.4 Å². The van der Waals surface area contributed by atoms with E-state index < -0.39 is 42.4 Å². The lowest BCUT2D eigenvalue weighted by atomic mass is 10.1. The van der Waals surface area contributed by atoms with Gasteiger partial charge in [0.2, 0.25) is 11.8 Å². The Bertz CT molecular complexity index is 714. The van der Waals surface area contributed by atoms with Crippen LogP contribution in [0.15, 0.2) is 18.9 Å². The van der Waals surface area contributed by atoms with Crippen molar-refractivity contribution in [3.05, 3.63) is 18.9 Å². The second-order valence-electron chi connectivity index (χ2n) is 5.19. The summed E-state index contributed by atoms with van der Waals surface area (Å²) in [5, 5.41) is 21.4. The summed E-state index contributed by atoms with van der Waals surface area (Å²) in [5.41, 5.74) is 5.32. The molecule has 0 aliphatic carbocycles. The average molecular weight is 532 g/mol. The largest absolute Gasteiger partial charge is 0.480 e. The van der Waals surface area contributed by atoms with E-state index in [1.54, 1.807) is 0 Å². The van der Waals surface area contributed by atoms with Gasteiger partial charge in [-0.25, -0.2) is 0 Å². The van der Waals surface area contributed by atoms with Crippen molar-refractivity contribution in [2.45, 2.75) is 24.9 Å². The van der Waals surface area contributed by atoms with Gasteiger partial charge in [0.15, 0.2) is 0 Å². The number of carboxylic acid groups (broad SMARTS) is 2. The zero-order chi connectivity index (χ0) is 22.7. The molecule has 0 aliphatic rings. The molecule has 0 bridgehead atoms. The lowest BCUT2D eigenvalue weighted by Crippen LogP contribution is -2.49. The molecule has 0 aromatic rings. The average Bonchev–Trinajstić information content (AvgIpc) is 2.65. The van der Waals surface area contributed by atoms with Crippen molar-refractivity contribution in [2.75, 3.05) is 12.3 Å². The molecular formula is C14H16Cl5N3O6S. The summed E-state index contributed by atoms with van der Waals surface area (Å²) in [6.45, 7) is -0.680. The van der Waals surface area contributed by atoms with Crippen molar-refractivity contribution in [2.24, 2.45) is 5.73 Å². The van der Waals surface area contributed by atoms with Gasteiger partial charge in [0.05, 0.1) is 14.4 Å². The molecule has 0 aromatic carbocycles. The Labute approximate surface area is 194 Å². The monoisotopic (exact) mass is 529 g/mol. The number of nitrogens with one attached hydrogen (secondary N) is 2. The molecule has 6 N–H and O–H groups in total. The molecule has 0 radical (unpaired) electrons. The number of nitrogens with two attached hydrogens (primary N) is 1. The predicted octanol–water partition coefficient (Wildman–Crippen LogP) is 2.13. The van der Waals surface area contributed by atoms with Gasteiger partial charge in [-0.1, -0.05) is 58.0 Å². The number of rotatable bonds is 12. The van der Waals surface area contributed by atoms with Crippen LogP contribution in [0.2, 0.25) is 0 Å². The molecule has 9 nitrogen and oxygen atoms in total. The van der Waals surface area contributed by atoms with Crippen molar-refractivity contribution < 1.29 is 29.4 Å². The standard InChI is InChI=1S/C14H16Cl5N3O6S/c15-9(11(17)18)10(16)12(19)29-4-6(13(26)21-3-8(24)25)22-7(23)2-1-5(20)14(27)28/h5-6H,1-4,20H2,(H,21,26)(H,22,23)(H,24,25)(H,27,28). The third kappa shape index (κ3) is 11.8. The Morgan fingerprint density at radius 3 is 2.07 bits per heavy atom. The number of hydrogen-bond donors (Lipinski definition) is 5. The summed E-state index contributed by atoms with van der Waals surface area (Å²) in [5.74, 6) is -4.22. The number of amides is 2. The minimum absolute atomic E-state index is 0.0892. The van der Waals surface area contributed by atoms with Crippen LogP contribution in [0.25, 0.3) is 0 Å². The maximum absolute atomic E-state index is 12.2. The number of allylic oxidation sites excluding steroid dienone is 2. The fraction of sp³-hybridized carbons (Fsp3) is 0.429. The molecule has 2 amide bonds. The maximum Gasteiger partial charge on any atom is 0.322 e. The first kappa shape index (κ1) is 28.1. The van der Waals surface area contributed by atoms with Gasteiger partial charge in [0.1, 0.15) is 23.1 Å². The van der Waals surface area contributed by atoms with Crippen LogP contribution in [0.5, 0.6) is 0 Å². The highest BCUT2D eigenvalue weighted by Crippen LogP contribution is 2.36. The minimum atomic E-state index is -1.29. The number of thioether (sulfide) groups is 1. The lowest BCUT2D eigenvalue weighted by molar-refractivity contribution is -0.139. The second kappa shape index (κ2) is 14.2. The summed E-state index contributed by atoms with van der Waals surface area (Å²) in [6.07, 6.45) is -0.444. The van der Waals surface area contributed by atoms with Gasteiger partial charge in [0, 0.05) is 12.2 Å². The summed E-state index contributed by atoms with van der Waals surface area (Å²) >= 11 is 29.4. The van der Waals surface area contributed by atoms with Crippen LogP contribution >= 0.6 is 69.8 Å².